The molecule has 0 bridgehead atoms. The van der Waals surface area contributed by atoms with Crippen LogP contribution in [0.5, 0.6) is 0 Å². The first-order chi connectivity index (χ1) is 5.43. The number of halogens is 2. The molecular formula is C8H17F2NO. The third-order valence-corrected chi connectivity index (χ3v) is 1.86. The Bertz CT molecular complexity index is 106. The number of hydrogen-bond acceptors (Lipinski definition) is 2. The van der Waals surface area contributed by atoms with Gasteiger partial charge in [0.05, 0.1) is 12.6 Å². The van der Waals surface area contributed by atoms with E-state index in [1.807, 2.05) is 6.92 Å². The normalized spacial score (nSPS) is 17.0. The van der Waals surface area contributed by atoms with Gasteiger partial charge < -0.3 is 5.11 Å². The summed E-state index contributed by atoms with van der Waals surface area (Å²) >= 11 is 0. The van der Waals surface area contributed by atoms with Gasteiger partial charge in [-0.3, -0.25) is 4.90 Å². The van der Waals surface area contributed by atoms with E-state index in [9.17, 15) is 8.78 Å². The molecule has 0 fully saturated rings. The summed E-state index contributed by atoms with van der Waals surface area (Å²) in [6.45, 7) is 3.26. The molecule has 0 rings (SSSR count). The lowest BCUT2D eigenvalue weighted by Gasteiger charge is -2.25. The fourth-order valence-corrected chi connectivity index (χ4v) is 1.07. The average molecular weight is 181 g/mol. The molecule has 0 aliphatic rings. The molecule has 1 N–H and O–H groups in total. The highest BCUT2D eigenvalue weighted by Crippen LogP contribution is 2.06. The Hall–Kier alpha value is -0.220. The maximum absolute atomic E-state index is 11.9. The van der Waals surface area contributed by atoms with Crippen molar-refractivity contribution >= 4 is 0 Å². The maximum Gasteiger partial charge on any atom is 0.251 e. The molecule has 0 aromatic rings. The molecule has 0 aromatic heterocycles. The summed E-state index contributed by atoms with van der Waals surface area (Å²) in [7, 11) is 1.64. The maximum atomic E-state index is 11.9. The van der Waals surface area contributed by atoms with Crippen LogP contribution in [0.4, 0.5) is 8.78 Å². The van der Waals surface area contributed by atoms with E-state index in [1.165, 1.54) is 0 Å². The quantitative estimate of drug-likeness (QED) is 0.692. The average Bonchev–Trinajstić information content (AvgIpc) is 1.84. The van der Waals surface area contributed by atoms with Crippen LogP contribution in [0.2, 0.25) is 0 Å². The zero-order valence-electron chi connectivity index (χ0n) is 7.80. The summed E-state index contributed by atoms with van der Waals surface area (Å²) in [5, 5.41) is 8.99. The van der Waals surface area contributed by atoms with Crippen LogP contribution in [0.25, 0.3) is 0 Å². The van der Waals surface area contributed by atoms with Crippen LogP contribution >= 0.6 is 0 Å². The molecule has 0 aliphatic carbocycles. The van der Waals surface area contributed by atoms with Crippen molar-refractivity contribution in [3.63, 3.8) is 0 Å². The van der Waals surface area contributed by atoms with Crippen LogP contribution in [0.1, 0.15) is 20.3 Å². The molecule has 74 valence electrons. The van der Waals surface area contributed by atoms with Gasteiger partial charge >= 0.3 is 0 Å². The molecule has 2 unspecified atom stereocenters. The first-order valence-electron chi connectivity index (χ1n) is 4.10. The van der Waals surface area contributed by atoms with Gasteiger partial charge in [-0.05, 0) is 27.3 Å². The van der Waals surface area contributed by atoms with Gasteiger partial charge in [-0.1, -0.05) is 0 Å². The van der Waals surface area contributed by atoms with Crippen LogP contribution in [-0.4, -0.2) is 42.2 Å². The van der Waals surface area contributed by atoms with Crippen LogP contribution in [0, 0.1) is 0 Å². The van der Waals surface area contributed by atoms with Crippen molar-refractivity contribution < 1.29 is 13.9 Å². The molecule has 0 heterocycles. The van der Waals surface area contributed by atoms with Gasteiger partial charge in [0, 0.05) is 6.04 Å². The summed E-state index contributed by atoms with van der Waals surface area (Å²) in [4.78, 5) is 1.55. The number of alkyl halides is 2. The minimum absolute atomic E-state index is 0.000926. The van der Waals surface area contributed by atoms with Crippen molar-refractivity contribution in [2.75, 3.05) is 13.6 Å². The van der Waals surface area contributed by atoms with E-state index in [0.29, 0.717) is 6.42 Å². The molecule has 0 aromatic carbocycles. The van der Waals surface area contributed by atoms with Gasteiger partial charge in [0.15, 0.2) is 0 Å². The second-order valence-electron chi connectivity index (χ2n) is 3.26. The van der Waals surface area contributed by atoms with Crippen LogP contribution in [0.3, 0.4) is 0 Å². The van der Waals surface area contributed by atoms with E-state index in [-0.39, 0.29) is 12.6 Å². The predicted molar refractivity (Wildman–Crippen MR) is 44.4 cm³/mol. The first-order valence-corrected chi connectivity index (χ1v) is 4.10. The Morgan fingerprint density at radius 2 is 1.83 bits per heavy atom. The van der Waals surface area contributed by atoms with E-state index in [4.69, 9.17) is 5.11 Å². The molecule has 0 saturated heterocycles. The molecule has 0 saturated carbocycles. The van der Waals surface area contributed by atoms with Gasteiger partial charge in [0.1, 0.15) is 0 Å². The summed E-state index contributed by atoms with van der Waals surface area (Å²) < 4.78 is 23.8. The molecule has 12 heavy (non-hydrogen) atoms. The third-order valence-electron chi connectivity index (χ3n) is 1.86. The highest BCUT2D eigenvalue weighted by molar-refractivity contribution is 4.66. The summed E-state index contributed by atoms with van der Waals surface area (Å²) in [5.41, 5.74) is 0. The van der Waals surface area contributed by atoms with Gasteiger partial charge in [0.25, 0.3) is 6.43 Å². The Kier molecular flexibility index (Phi) is 5.33. The largest absolute Gasteiger partial charge is 0.393 e. The SMILES string of the molecule is CC(O)CC(C)N(C)CC(F)F. The van der Waals surface area contributed by atoms with Gasteiger partial charge in [0.2, 0.25) is 0 Å². The number of aliphatic hydroxyl groups excluding tert-OH is 1. The topological polar surface area (TPSA) is 23.5 Å². The van der Waals surface area contributed by atoms with Crippen molar-refractivity contribution in [3.05, 3.63) is 0 Å². The number of rotatable bonds is 5. The van der Waals surface area contributed by atoms with E-state index < -0.39 is 12.5 Å². The zero-order valence-corrected chi connectivity index (χ0v) is 7.80. The molecule has 4 heteroatoms. The standard InChI is InChI=1S/C8H17F2NO/c1-6(4-7(2)12)11(3)5-8(9)10/h6-8,12H,4-5H2,1-3H3. The highest BCUT2D eigenvalue weighted by Gasteiger charge is 2.15. The first kappa shape index (κ1) is 11.8. The summed E-state index contributed by atoms with van der Waals surface area (Å²) in [6, 6.07) is -0.000926. The number of hydrogen-bond donors (Lipinski definition) is 1. The zero-order chi connectivity index (χ0) is 9.72. The van der Waals surface area contributed by atoms with Crippen LogP contribution in [0.15, 0.2) is 0 Å². The second-order valence-corrected chi connectivity index (χ2v) is 3.26. The number of nitrogens with zero attached hydrogens (tertiary/aromatic N) is 1. The Morgan fingerprint density at radius 1 is 1.33 bits per heavy atom. The van der Waals surface area contributed by atoms with Gasteiger partial charge in [-0.15, -0.1) is 0 Å². The Balaban J connectivity index is 3.68. The smallest absolute Gasteiger partial charge is 0.251 e. The lowest BCUT2D eigenvalue weighted by Crippen LogP contribution is -2.35. The van der Waals surface area contributed by atoms with Crippen molar-refractivity contribution in [2.24, 2.45) is 0 Å². The lowest BCUT2D eigenvalue weighted by atomic mass is 10.1. The minimum atomic E-state index is -2.30. The molecule has 0 radical (unpaired) electrons. The molecule has 2 nitrogen and oxygen atoms in total. The van der Waals surface area contributed by atoms with Crippen LogP contribution < -0.4 is 0 Å². The fraction of sp³-hybridized carbons (Fsp3) is 1.00. The third kappa shape index (κ3) is 5.43. The molecule has 0 spiro atoms. The second kappa shape index (κ2) is 5.43. The fourth-order valence-electron chi connectivity index (χ4n) is 1.07. The molecule has 0 amide bonds. The predicted octanol–water partition coefficient (Wildman–Crippen LogP) is 1.34. The van der Waals surface area contributed by atoms with E-state index in [0.717, 1.165) is 0 Å². The molecule has 2 atom stereocenters. The van der Waals surface area contributed by atoms with Gasteiger partial charge in [-0.2, -0.15) is 0 Å². The van der Waals surface area contributed by atoms with E-state index >= 15 is 0 Å². The Morgan fingerprint density at radius 3 is 2.17 bits per heavy atom. The molecular weight excluding hydrogens is 164 g/mol. The van der Waals surface area contributed by atoms with Crippen molar-refractivity contribution in [3.8, 4) is 0 Å². The Labute approximate surface area is 72.2 Å². The minimum Gasteiger partial charge on any atom is -0.393 e. The van der Waals surface area contributed by atoms with Crippen molar-refractivity contribution in [1.82, 2.24) is 4.90 Å². The lowest BCUT2D eigenvalue weighted by molar-refractivity contribution is 0.0671. The van der Waals surface area contributed by atoms with Crippen molar-refractivity contribution in [2.45, 2.75) is 38.8 Å². The molecule has 0 aliphatic heterocycles. The number of aliphatic hydroxyl groups is 1. The summed E-state index contributed by atoms with van der Waals surface area (Å²) in [5.74, 6) is 0. The van der Waals surface area contributed by atoms with E-state index in [2.05, 4.69) is 0 Å². The summed E-state index contributed by atoms with van der Waals surface area (Å²) in [6.07, 6.45) is -2.20. The monoisotopic (exact) mass is 181 g/mol. The van der Waals surface area contributed by atoms with Gasteiger partial charge in [-0.25, -0.2) is 8.78 Å². The van der Waals surface area contributed by atoms with E-state index in [1.54, 1.807) is 18.9 Å². The highest BCUT2D eigenvalue weighted by atomic mass is 19.3. The van der Waals surface area contributed by atoms with Crippen molar-refractivity contribution in [1.29, 1.82) is 0 Å². The van der Waals surface area contributed by atoms with Crippen LogP contribution in [-0.2, 0) is 0 Å².